The molecule has 3 rings (SSSR count). The first-order valence-corrected chi connectivity index (χ1v) is 7.04. The van der Waals surface area contributed by atoms with Gasteiger partial charge in [-0.2, -0.15) is 0 Å². The zero-order valence-corrected chi connectivity index (χ0v) is 12.4. The molecule has 2 aromatic carbocycles. The lowest BCUT2D eigenvalue weighted by atomic mass is 10.1. The standard InChI is InChI=1S/C17H10Cl2O2/c18-13-5-2-11(3-6-13)1-4-12-10-21-16-8-7-14(19)9-15(16)17(12)20/h1-10H/b4-1+. The van der Waals surface area contributed by atoms with E-state index >= 15 is 0 Å². The van der Waals surface area contributed by atoms with Gasteiger partial charge >= 0.3 is 0 Å². The summed E-state index contributed by atoms with van der Waals surface area (Å²) >= 11 is 11.8. The Kier molecular flexibility index (Phi) is 3.82. The lowest BCUT2D eigenvalue weighted by Gasteiger charge is -1.99. The van der Waals surface area contributed by atoms with E-state index in [9.17, 15) is 4.79 Å². The zero-order valence-electron chi connectivity index (χ0n) is 10.8. The summed E-state index contributed by atoms with van der Waals surface area (Å²) in [7, 11) is 0. The van der Waals surface area contributed by atoms with Crippen LogP contribution < -0.4 is 5.43 Å². The Morgan fingerprint density at radius 3 is 2.38 bits per heavy atom. The fraction of sp³-hybridized carbons (Fsp3) is 0. The van der Waals surface area contributed by atoms with Crippen LogP contribution in [0.4, 0.5) is 0 Å². The Morgan fingerprint density at radius 2 is 1.62 bits per heavy atom. The smallest absolute Gasteiger partial charge is 0.199 e. The molecule has 1 heterocycles. The molecule has 2 nitrogen and oxygen atoms in total. The summed E-state index contributed by atoms with van der Waals surface area (Å²) in [6.45, 7) is 0. The number of benzene rings is 2. The van der Waals surface area contributed by atoms with Crippen LogP contribution in [0.15, 0.2) is 57.9 Å². The second-order valence-electron chi connectivity index (χ2n) is 4.55. The van der Waals surface area contributed by atoms with E-state index in [0.717, 1.165) is 5.56 Å². The maximum absolute atomic E-state index is 12.4. The van der Waals surface area contributed by atoms with Crippen LogP contribution in [-0.2, 0) is 0 Å². The molecule has 21 heavy (non-hydrogen) atoms. The molecular formula is C17H10Cl2O2. The molecule has 0 aliphatic carbocycles. The van der Waals surface area contributed by atoms with Crippen LogP contribution in [0, 0.1) is 0 Å². The van der Waals surface area contributed by atoms with E-state index in [1.165, 1.54) is 6.26 Å². The summed E-state index contributed by atoms with van der Waals surface area (Å²) in [4.78, 5) is 12.4. The highest BCUT2D eigenvalue weighted by atomic mass is 35.5. The van der Waals surface area contributed by atoms with E-state index in [1.807, 2.05) is 18.2 Å². The molecule has 0 fully saturated rings. The highest BCUT2D eigenvalue weighted by molar-refractivity contribution is 6.31. The minimum absolute atomic E-state index is 0.107. The van der Waals surface area contributed by atoms with Crippen molar-refractivity contribution < 1.29 is 4.42 Å². The third kappa shape index (κ3) is 3.02. The van der Waals surface area contributed by atoms with Crippen molar-refractivity contribution >= 4 is 46.3 Å². The Labute approximate surface area is 131 Å². The first-order chi connectivity index (χ1) is 10.1. The van der Waals surface area contributed by atoms with Crippen LogP contribution in [0.25, 0.3) is 23.1 Å². The second kappa shape index (κ2) is 5.76. The van der Waals surface area contributed by atoms with E-state index in [-0.39, 0.29) is 5.43 Å². The van der Waals surface area contributed by atoms with Crippen LogP contribution in [-0.4, -0.2) is 0 Å². The van der Waals surface area contributed by atoms with Crippen LogP contribution in [0.5, 0.6) is 0 Å². The number of hydrogen-bond donors (Lipinski definition) is 0. The van der Waals surface area contributed by atoms with E-state index in [0.29, 0.717) is 26.6 Å². The number of hydrogen-bond acceptors (Lipinski definition) is 2. The van der Waals surface area contributed by atoms with E-state index in [1.54, 1.807) is 36.4 Å². The van der Waals surface area contributed by atoms with Crippen molar-refractivity contribution in [2.24, 2.45) is 0 Å². The summed E-state index contributed by atoms with van der Waals surface area (Å²) in [5.41, 5.74) is 1.83. The van der Waals surface area contributed by atoms with Crippen LogP contribution in [0.2, 0.25) is 10.0 Å². The van der Waals surface area contributed by atoms with Gasteiger partial charge in [0.1, 0.15) is 11.8 Å². The average molecular weight is 317 g/mol. The first-order valence-electron chi connectivity index (χ1n) is 6.28. The number of halogens is 2. The first kappa shape index (κ1) is 13.9. The summed E-state index contributed by atoms with van der Waals surface area (Å²) in [5.74, 6) is 0. The molecule has 0 N–H and O–H groups in total. The van der Waals surface area contributed by atoms with Gasteiger partial charge in [0.15, 0.2) is 5.43 Å². The maximum atomic E-state index is 12.4. The van der Waals surface area contributed by atoms with Crippen molar-refractivity contribution in [3.63, 3.8) is 0 Å². The van der Waals surface area contributed by atoms with Crippen LogP contribution in [0.1, 0.15) is 11.1 Å². The summed E-state index contributed by atoms with van der Waals surface area (Å²) in [5, 5.41) is 1.65. The topological polar surface area (TPSA) is 30.2 Å². The van der Waals surface area contributed by atoms with E-state index in [4.69, 9.17) is 27.6 Å². The Morgan fingerprint density at radius 1 is 0.905 bits per heavy atom. The Balaban J connectivity index is 2.03. The van der Waals surface area contributed by atoms with Gasteiger partial charge in [0, 0.05) is 10.0 Å². The minimum atomic E-state index is -0.107. The zero-order chi connectivity index (χ0) is 14.8. The molecule has 0 aliphatic rings. The van der Waals surface area contributed by atoms with Crippen molar-refractivity contribution in [1.82, 2.24) is 0 Å². The van der Waals surface area contributed by atoms with Gasteiger partial charge in [0.05, 0.1) is 10.9 Å². The monoisotopic (exact) mass is 316 g/mol. The average Bonchev–Trinajstić information content (AvgIpc) is 2.49. The van der Waals surface area contributed by atoms with Crippen molar-refractivity contribution in [1.29, 1.82) is 0 Å². The van der Waals surface area contributed by atoms with Gasteiger partial charge in [-0.05, 0) is 42.0 Å². The third-order valence-electron chi connectivity index (χ3n) is 3.09. The van der Waals surface area contributed by atoms with Gasteiger partial charge in [-0.1, -0.05) is 41.4 Å². The van der Waals surface area contributed by atoms with Gasteiger partial charge < -0.3 is 4.42 Å². The van der Waals surface area contributed by atoms with Crippen molar-refractivity contribution in [2.45, 2.75) is 0 Å². The number of fused-ring (bicyclic) bond motifs is 1. The minimum Gasteiger partial charge on any atom is -0.463 e. The quantitative estimate of drug-likeness (QED) is 0.644. The van der Waals surface area contributed by atoms with Crippen molar-refractivity contribution in [3.8, 4) is 0 Å². The molecule has 0 saturated carbocycles. The van der Waals surface area contributed by atoms with Gasteiger partial charge in [-0.25, -0.2) is 0 Å². The van der Waals surface area contributed by atoms with E-state index in [2.05, 4.69) is 0 Å². The van der Waals surface area contributed by atoms with Crippen LogP contribution >= 0.6 is 23.2 Å². The molecule has 3 aromatic rings. The maximum Gasteiger partial charge on any atom is 0.199 e. The summed E-state index contributed by atoms with van der Waals surface area (Å²) in [6, 6.07) is 12.3. The molecular weight excluding hydrogens is 307 g/mol. The highest BCUT2D eigenvalue weighted by Gasteiger charge is 2.05. The van der Waals surface area contributed by atoms with Crippen molar-refractivity contribution in [3.05, 3.63) is 80.1 Å². The molecule has 104 valence electrons. The molecule has 0 unspecified atom stereocenters. The lowest BCUT2D eigenvalue weighted by Crippen LogP contribution is -2.04. The molecule has 0 radical (unpaired) electrons. The van der Waals surface area contributed by atoms with Gasteiger partial charge in [0.2, 0.25) is 0 Å². The SMILES string of the molecule is O=c1c(/C=C/c2ccc(Cl)cc2)coc2ccc(Cl)cc12. The largest absolute Gasteiger partial charge is 0.463 e. The molecule has 0 amide bonds. The normalized spacial score (nSPS) is 11.3. The Hall–Kier alpha value is -2.03. The summed E-state index contributed by atoms with van der Waals surface area (Å²) in [6.07, 6.45) is 5.00. The fourth-order valence-electron chi connectivity index (χ4n) is 1.99. The predicted molar refractivity (Wildman–Crippen MR) is 87.9 cm³/mol. The Bertz CT molecular complexity index is 877. The lowest BCUT2D eigenvalue weighted by molar-refractivity contribution is 0.601. The third-order valence-corrected chi connectivity index (χ3v) is 3.57. The van der Waals surface area contributed by atoms with Gasteiger partial charge in [-0.3, -0.25) is 4.79 Å². The second-order valence-corrected chi connectivity index (χ2v) is 5.42. The molecule has 4 heteroatoms. The highest BCUT2D eigenvalue weighted by Crippen LogP contribution is 2.18. The fourth-order valence-corrected chi connectivity index (χ4v) is 2.29. The van der Waals surface area contributed by atoms with Crippen molar-refractivity contribution in [2.75, 3.05) is 0 Å². The molecule has 0 bridgehead atoms. The molecule has 0 aliphatic heterocycles. The summed E-state index contributed by atoms with van der Waals surface area (Å²) < 4.78 is 5.46. The van der Waals surface area contributed by atoms with Gasteiger partial charge in [-0.15, -0.1) is 0 Å². The predicted octanol–water partition coefficient (Wildman–Crippen LogP) is 5.27. The van der Waals surface area contributed by atoms with Crippen LogP contribution in [0.3, 0.4) is 0 Å². The van der Waals surface area contributed by atoms with Gasteiger partial charge in [0.25, 0.3) is 0 Å². The molecule has 0 spiro atoms. The molecule has 0 atom stereocenters. The number of rotatable bonds is 2. The molecule has 0 saturated heterocycles. The van der Waals surface area contributed by atoms with E-state index < -0.39 is 0 Å². The molecule has 1 aromatic heterocycles.